The van der Waals surface area contributed by atoms with Crippen LogP contribution >= 0.6 is 0 Å². The highest BCUT2D eigenvalue weighted by Crippen LogP contribution is 2.67. The highest BCUT2D eigenvalue weighted by Gasteiger charge is 2.68. The third kappa shape index (κ3) is 9.96. The van der Waals surface area contributed by atoms with Gasteiger partial charge in [-0.05, 0) is 145 Å². The van der Waals surface area contributed by atoms with E-state index in [1.165, 1.54) is 11.1 Å². The standard InChI is InChI=1S/C49H72N2O7/c1-8-58-32-41(14-9-11-33(2)39-16-15-34(3)46(55)51-47(5,23-26-57-7)29-37-13-10-12-36(27-37)28-39)42-19-21-49(45(42)54)44-38(20-25-52)17-18-40(43(44)35(4)31-53)30-48(49,56)22-24-50-6/h9-15,17-18,27,31,38-40,42,44-46,50-52,54-56H,2,8,16,19-26,28-30,32H2,1,3-7H3/b11-9+,34-15+,41-14-,43-35?/t38-,39+,40+,42+,44+,45-,46-,47-,48-,49-/m1/s1. The van der Waals surface area contributed by atoms with Crippen molar-refractivity contribution in [2.75, 3.05) is 47.1 Å². The number of aliphatic hydroxyl groups is 4. The third-order valence-corrected chi connectivity index (χ3v) is 14.1. The molecule has 4 bridgehead atoms. The molecule has 0 amide bonds. The number of carbonyl (C=O) groups excluding carboxylic acids is 1. The second-order valence-electron chi connectivity index (χ2n) is 17.9. The van der Waals surface area contributed by atoms with Crippen LogP contribution in [0.15, 0.2) is 95.2 Å². The summed E-state index contributed by atoms with van der Waals surface area (Å²) in [6.45, 7) is 14.5. The minimum Gasteiger partial charge on any atom is -0.396 e. The highest BCUT2D eigenvalue weighted by atomic mass is 16.5. The van der Waals surface area contributed by atoms with Gasteiger partial charge in [0.05, 0.1) is 18.3 Å². The Hall–Kier alpha value is -2.99. The number of aldehydes is 1. The van der Waals surface area contributed by atoms with Crippen LogP contribution in [0.1, 0.15) is 83.8 Å². The minimum absolute atomic E-state index is 0.0219. The fourth-order valence-electron chi connectivity index (χ4n) is 10.9. The van der Waals surface area contributed by atoms with Gasteiger partial charge in [-0.2, -0.15) is 0 Å². The van der Waals surface area contributed by atoms with Crippen LogP contribution in [0, 0.1) is 35.0 Å². The molecule has 0 unspecified atom stereocenters. The molecule has 1 spiro atoms. The van der Waals surface area contributed by atoms with Gasteiger partial charge in [-0.3, -0.25) is 10.1 Å². The predicted molar refractivity (Wildman–Crippen MR) is 232 cm³/mol. The number of carbonyl (C=O) groups is 1. The molecular formula is C49H72N2O7. The number of hydrogen-bond donors (Lipinski definition) is 6. The predicted octanol–water partition coefficient (Wildman–Crippen LogP) is 6.33. The molecule has 1 heterocycles. The fraction of sp³-hybridized carbons (Fsp3) is 0.612. The van der Waals surface area contributed by atoms with Crippen molar-refractivity contribution < 1.29 is 34.7 Å². The lowest BCUT2D eigenvalue weighted by Gasteiger charge is -2.61. The second-order valence-corrected chi connectivity index (χ2v) is 17.9. The Balaban J connectivity index is 1.47. The normalized spacial score (nSPS) is 36.0. The zero-order chi connectivity index (χ0) is 42.1. The van der Waals surface area contributed by atoms with Gasteiger partial charge in [0, 0.05) is 49.7 Å². The summed E-state index contributed by atoms with van der Waals surface area (Å²) < 4.78 is 11.5. The van der Waals surface area contributed by atoms with Crippen molar-refractivity contribution in [2.24, 2.45) is 35.0 Å². The first-order valence-corrected chi connectivity index (χ1v) is 21.6. The molecule has 1 aromatic rings. The van der Waals surface area contributed by atoms with Crippen molar-refractivity contribution in [3.05, 3.63) is 106 Å². The average Bonchev–Trinajstić information content (AvgIpc) is 3.55. The molecule has 0 aromatic heterocycles. The molecule has 4 aliphatic rings. The van der Waals surface area contributed by atoms with Crippen LogP contribution in [0.3, 0.4) is 0 Å². The summed E-state index contributed by atoms with van der Waals surface area (Å²) in [7, 11) is 3.59. The summed E-state index contributed by atoms with van der Waals surface area (Å²) in [6, 6.07) is 8.72. The molecule has 1 aliphatic heterocycles. The van der Waals surface area contributed by atoms with Crippen molar-refractivity contribution in [3.63, 3.8) is 0 Å². The molecule has 2 fully saturated rings. The van der Waals surface area contributed by atoms with E-state index in [-0.39, 0.29) is 41.7 Å². The summed E-state index contributed by atoms with van der Waals surface area (Å²) in [6.07, 6.45) is 17.4. The summed E-state index contributed by atoms with van der Waals surface area (Å²) in [5, 5.41) is 53.9. The molecular weight excluding hydrogens is 729 g/mol. The largest absolute Gasteiger partial charge is 0.396 e. The highest BCUT2D eigenvalue weighted by molar-refractivity contribution is 5.74. The first-order valence-electron chi connectivity index (χ1n) is 21.6. The van der Waals surface area contributed by atoms with Crippen LogP contribution in [-0.4, -0.2) is 97.3 Å². The molecule has 0 radical (unpaired) electrons. The van der Waals surface area contributed by atoms with Gasteiger partial charge in [0.15, 0.2) is 0 Å². The number of aliphatic hydroxyl groups excluding tert-OH is 3. The second kappa shape index (κ2) is 20.5. The molecule has 5 rings (SSSR count). The minimum atomic E-state index is -1.20. The first kappa shape index (κ1) is 46.1. The maximum Gasteiger partial charge on any atom is 0.145 e. The molecule has 9 heteroatoms. The van der Waals surface area contributed by atoms with Crippen molar-refractivity contribution >= 4 is 6.29 Å². The number of fused-ring (bicyclic) bond motifs is 5. The zero-order valence-electron chi connectivity index (χ0n) is 36.0. The Morgan fingerprint density at radius 3 is 2.66 bits per heavy atom. The van der Waals surface area contributed by atoms with Gasteiger partial charge in [-0.1, -0.05) is 78.4 Å². The Morgan fingerprint density at radius 1 is 1.17 bits per heavy atom. The van der Waals surface area contributed by atoms with E-state index in [9.17, 15) is 25.2 Å². The van der Waals surface area contributed by atoms with Gasteiger partial charge in [0.2, 0.25) is 0 Å². The van der Waals surface area contributed by atoms with E-state index < -0.39 is 23.3 Å². The molecule has 3 aliphatic carbocycles. The number of nitrogens with one attached hydrogen (secondary N) is 2. The van der Waals surface area contributed by atoms with Crippen molar-refractivity contribution in [1.82, 2.24) is 10.6 Å². The van der Waals surface area contributed by atoms with Crippen molar-refractivity contribution in [2.45, 2.75) is 109 Å². The lowest BCUT2D eigenvalue weighted by atomic mass is 9.45. The zero-order valence-corrected chi connectivity index (χ0v) is 36.0. The van der Waals surface area contributed by atoms with E-state index in [0.29, 0.717) is 70.5 Å². The van der Waals surface area contributed by atoms with E-state index in [1.807, 2.05) is 33.9 Å². The number of benzene rings is 1. The van der Waals surface area contributed by atoms with Gasteiger partial charge in [0.1, 0.15) is 12.5 Å². The number of ether oxygens (including phenoxy) is 2. The maximum absolute atomic E-state index is 12.9. The van der Waals surface area contributed by atoms with Crippen molar-refractivity contribution in [3.8, 4) is 0 Å². The van der Waals surface area contributed by atoms with Gasteiger partial charge in [-0.25, -0.2) is 0 Å². The molecule has 2 saturated carbocycles. The Bertz CT molecular complexity index is 1730. The van der Waals surface area contributed by atoms with Crippen LogP contribution in [-0.2, 0) is 27.1 Å². The van der Waals surface area contributed by atoms with Crippen LogP contribution < -0.4 is 10.6 Å². The summed E-state index contributed by atoms with van der Waals surface area (Å²) >= 11 is 0. The first-order chi connectivity index (χ1) is 27.8. The van der Waals surface area contributed by atoms with E-state index in [0.717, 1.165) is 47.8 Å². The third-order valence-electron chi connectivity index (χ3n) is 14.1. The number of methoxy groups -OCH3 is 1. The average molecular weight is 801 g/mol. The monoisotopic (exact) mass is 801 g/mol. The fourth-order valence-corrected chi connectivity index (χ4v) is 10.9. The van der Waals surface area contributed by atoms with Crippen LogP contribution in [0.5, 0.6) is 0 Å². The number of hydrogen-bond acceptors (Lipinski definition) is 9. The van der Waals surface area contributed by atoms with Gasteiger partial charge in [0.25, 0.3) is 0 Å². The van der Waals surface area contributed by atoms with Gasteiger partial charge in [-0.15, -0.1) is 0 Å². The summed E-state index contributed by atoms with van der Waals surface area (Å²) in [4.78, 5) is 12.4. The molecule has 9 nitrogen and oxygen atoms in total. The van der Waals surface area contributed by atoms with Crippen LogP contribution in [0.2, 0.25) is 0 Å². The SMILES string of the molecule is C=C(/C=C/C=C(/COCC)[C@@H]1CC[C@]2([C@@H]1O)[C@@H]1C(=C(C)C=O)[C@@H](C=C[C@@H]1CCO)C[C@]2(O)CCNC)[C@H]1C/C=C(\C)[C@@H](O)N[C@](C)(CCOC)Cc2cccc(c2)C1. The smallest absolute Gasteiger partial charge is 0.145 e. The van der Waals surface area contributed by atoms with E-state index in [1.54, 1.807) is 7.11 Å². The summed E-state index contributed by atoms with van der Waals surface area (Å²) in [5.74, 6) is -0.705. The van der Waals surface area contributed by atoms with E-state index in [4.69, 9.17) is 9.47 Å². The number of allylic oxidation sites excluding steroid dienone is 9. The van der Waals surface area contributed by atoms with E-state index in [2.05, 4.69) is 78.8 Å². The summed E-state index contributed by atoms with van der Waals surface area (Å²) in [5.41, 5.74) is 4.43. The Kier molecular flexibility index (Phi) is 16.3. The lowest BCUT2D eigenvalue weighted by molar-refractivity contribution is -0.194. The molecule has 58 heavy (non-hydrogen) atoms. The topological polar surface area (TPSA) is 141 Å². The lowest BCUT2D eigenvalue weighted by Crippen LogP contribution is -2.65. The van der Waals surface area contributed by atoms with Crippen molar-refractivity contribution in [1.29, 1.82) is 0 Å². The maximum atomic E-state index is 12.9. The molecule has 10 atom stereocenters. The van der Waals surface area contributed by atoms with E-state index >= 15 is 0 Å². The van der Waals surface area contributed by atoms with Gasteiger partial charge >= 0.3 is 0 Å². The quantitative estimate of drug-likeness (QED) is 0.0490. The Labute approximate surface area is 348 Å². The molecule has 1 aromatic carbocycles. The van der Waals surface area contributed by atoms with Gasteiger partial charge < -0.3 is 35.2 Å². The van der Waals surface area contributed by atoms with Crippen LogP contribution in [0.25, 0.3) is 0 Å². The molecule has 6 N–H and O–H groups in total. The Morgan fingerprint density at radius 2 is 1.95 bits per heavy atom. The molecule has 320 valence electrons. The number of rotatable bonds is 16. The molecule has 0 saturated heterocycles. The van der Waals surface area contributed by atoms with Crippen LogP contribution in [0.4, 0.5) is 0 Å².